The molecule has 2 saturated heterocycles. The van der Waals surface area contributed by atoms with Gasteiger partial charge in [0.15, 0.2) is 12.4 Å². The highest BCUT2D eigenvalue weighted by atomic mass is 32.2. The zero-order chi connectivity index (χ0) is 20.1. The maximum atomic E-state index is 11.8. The summed E-state index contributed by atoms with van der Waals surface area (Å²) in [5.41, 5.74) is 0.562. The van der Waals surface area contributed by atoms with E-state index in [9.17, 15) is 4.79 Å². The van der Waals surface area contributed by atoms with E-state index in [-0.39, 0.29) is 17.5 Å². The quantitative estimate of drug-likeness (QED) is 0.506. The van der Waals surface area contributed by atoms with Crippen molar-refractivity contribution in [3.8, 4) is 0 Å². The average Bonchev–Trinajstić information content (AvgIpc) is 2.67. The minimum absolute atomic E-state index is 0.294. The molecule has 1 aromatic carbocycles. The van der Waals surface area contributed by atoms with Crippen molar-refractivity contribution in [3.05, 3.63) is 48.6 Å². The Balaban J connectivity index is 1.85. The summed E-state index contributed by atoms with van der Waals surface area (Å²) in [6.07, 6.45) is -0.639. The molecule has 0 unspecified atom stereocenters. The summed E-state index contributed by atoms with van der Waals surface area (Å²) in [4.78, 5) is 11.8. The van der Waals surface area contributed by atoms with Crippen LogP contribution < -0.4 is 0 Å². The number of hydrogen-bond donors (Lipinski definition) is 0. The minimum Gasteiger partial charge on any atom is -0.456 e. The number of fused-ring (bicyclic) bond motifs is 1. The molecule has 2 heterocycles. The predicted molar refractivity (Wildman–Crippen MR) is 107 cm³/mol. The Morgan fingerprint density at radius 3 is 2.68 bits per heavy atom. The summed E-state index contributed by atoms with van der Waals surface area (Å²) in [5.74, 6) is -0.375. The second-order valence-corrected chi connectivity index (χ2v) is 8.74. The van der Waals surface area contributed by atoms with E-state index >= 15 is 0 Å². The van der Waals surface area contributed by atoms with Gasteiger partial charge in [0.25, 0.3) is 0 Å². The van der Waals surface area contributed by atoms with Crippen LogP contribution in [-0.4, -0.2) is 54.3 Å². The van der Waals surface area contributed by atoms with Crippen molar-refractivity contribution in [3.63, 3.8) is 0 Å². The van der Waals surface area contributed by atoms with E-state index in [4.69, 9.17) is 23.7 Å². The number of thioether (sulfide) groups is 1. The number of carbonyl (C=O) groups is 1. The van der Waals surface area contributed by atoms with Gasteiger partial charge in [-0.05, 0) is 0 Å². The highest BCUT2D eigenvalue weighted by molar-refractivity contribution is 8.00. The van der Waals surface area contributed by atoms with Gasteiger partial charge in [0.05, 0.1) is 13.2 Å². The van der Waals surface area contributed by atoms with Crippen molar-refractivity contribution in [2.75, 3.05) is 13.2 Å². The van der Waals surface area contributed by atoms with Gasteiger partial charge in [0.1, 0.15) is 23.7 Å². The van der Waals surface area contributed by atoms with Gasteiger partial charge >= 0.3 is 5.97 Å². The molecule has 2 aliphatic heterocycles. The molecule has 154 valence electrons. The van der Waals surface area contributed by atoms with Crippen molar-refractivity contribution in [2.45, 2.75) is 62.2 Å². The third kappa shape index (κ3) is 5.15. The van der Waals surface area contributed by atoms with Gasteiger partial charge in [-0.1, -0.05) is 50.3 Å². The second-order valence-electron chi connectivity index (χ2n) is 7.07. The Bertz CT molecular complexity index is 652. The summed E-state index contributed by atoms with van der Waals surface area (Å²) in [6.45, 7) is 9.97. The molecule has 3 rings (SSSR count). The first kappa shape index (κ1) is 21.3. The first-order valence-corrected chi connectivity index (χ1v) is 10.5. The molecule has 0 spiro atoms. The molecule has 0 saturated carbocycles. The van der Waals surface area contributed by atoms with Crippen molar-refractivity contribution >= 4 is 17.7 Å². The van der Waals surface area contributed by atoms with Gasteiger partial charge < -0.3 is 23.7 Å². The van der Waals surface area contributed by atoms with Gasteiger partial charge in [-0.25, -0.2) is 0 Å². The molecule has 0 amide bonds. The smallest absolute Gasteiger partial charge is 0.303 e. The van der Waals surface area contributed by atoms with Crippen molar-refractivity contribution in [2.24, 2.45) is 0 Å². The van der Waals surface area contributed by atoms with Crippen molar-refractivity contribution in [1.29, 1.82) is 0 Å². The van der Waals surface area contributed by atoms with Gasteiger partial charge in [0, 0.05) is 17.7 Å². The predicted octanol–water partition coefficient (Wildman–Crippen LogP) is 3.47. The summed E-state index contributed by atoms with van der Waals surface area (Å²) in [7, 11) is 0. The third-order valence-corrected chi connectivity index (χ3v) is 5.66. The van der Waals surface area contributed by atoms with Crippen LogP contribution in [0.4, 0.5) is 0 Å². The molecular weight excluding hydrogens is 380 g/mol. The number of carbonyl (C=O) groups excluding carboxylic acids is 1. The van der Waals surface area contributed by atoms with Crippen molar-refractivity contribution < 1.29 is 28.5 Å². The Morgan fingerprint density at radius 2 is 2.04 bits per heavy atom. The molecule has 28 heavy (non-hydrogen) atoms. The summed E-state index contributed by atoms with van der Waals surface area (Å²) < 4.78 is 30.1. The van der Waals surface area contributed by atoms with E-state index in [1.807, 2.05) is 30.3 Å². The Morgan fingerprint density at radius 1 is 1.29 bits per heavy atom. The van der Waals surface area contributed by atoms with Crippen LogP contribution in [0.1, 0.15) is 32.6 Å². The van der Waals surface area contributed by atoms with E-state index in [0.717, 1.165) is 5.56 Å². The van der Waals surface area contributed by atoms with E-state index < -0.39 is 24.6 Å². The molecule has 0 radical (unpaired) electrons. The van der Waals surface area contributed by atoms with Gasteiger partial charge in [-0.15, -0.1) is 18.3 Å². The van der Waals surface area contributed by atoms with Crippen LogP contribution in [0.5, 0.6) is 0 Å². The standard InChI is InChI=1S/C21H28O6S/c1-5-11-23-18-17-16(12-24-20(27-17)15-9-7-6-8-10-15)26-21(28-13(2)3)19(18)25-14(4)22/h5-10,13,16-21H,1,11-12H2,2-4H3/t16-,17+,18+,19-,20+,21+/m1/s1. The molecule has 2 fully saturated rings. The number of esters is 1. The summed E-state index contributed by atoms with van der Waals surface area (Å²) >= 11 is 1.60. The van der Waals surface area contributed by atoms with Crippen LogP contribution in [0.3, 0.4) is 0 Å². The van der Waals surface area contributed by atoms with Crippen LogP contribution in [-0.2, 0) is 28.5 Å². The molecule has 0 bridgehead atoms. The lowest BCUT2D eigenvalue weighted by Crippen LogP contribution is -2.62. The number of ether oxygens (including phenoxy) is 5. The van der Waals surface area contributed by atoms with Crippen molar-refractivity contribution in [1.82, 2.24) is 0 Å². The zero-order valence-electron chi connectivity index (χ0n) is 16.5. The molecule has 0 aliphatic carbocycles. The molecule has 6 nitrogen and oxygen atoms in total. The third-order valence-electron chi connectivity index (χ3n) is 4.47. The Hall–Kier alpha value is -1.38. The molecule has 2 aliphatic rings. The second kappa shape index (κ2) is 9.89. The zero-order valence-corrected chi connectivity index (χ0v) is 17.3. The lowest BCUT2D eigenvalue weighted by molar-refractivity contribution is -0.323. The van der Waals surface area contributed by atoms with Crippen LogP contribution in [0.25, 0.3) is 0 Å². The molecular formula is C21H28O6S. The Labute approximate surface area is 170 Å². The first-order valence-electron chi connectivity index (χ1n) is 9.52. The van der Waals surface area contributed by atoms with Gasteiger partial charge in [-0.3, -0.25) is 4.79 Å². The lowest BCUT2D eigenvalue weighted by atomic mass is 9.98. The summed E-state index contributed by atoms with van der Waals surface area (Å²) in [5, 5.41) is 0.294. The van der Waals surface area contributed by atoms with Gasteiger partial charge in [-0.2, -0.15) is 0 Å². The van der Waals surface area contributed by atoms with Crippen LogP contribution in [0.2, 0.25) is 0 Å². The maximum absolute atomic E-state index is 11.8. The van der Waals surface area contributed by atoms with E-state index in [1.54, 1.807) is 17.8 Å². The number of rotatable bonds is 7. The first-order chi connectivity index (χ1) is 13.5. The topological polar surface area (TPSA) is 63.2 Å². The van der Waals surface area contributed by atoms with E-state index in [2.05, 4.69) is 20.4 Å². The fourth-order valence-electron chi connectivity index (χ4n) is 3.39. The fourth-order valence-corrected chi connectivity index (χ4v) is 4.50. The monoisotopic (exact) mass is 408 g/mol. The van der Waals surface area contributed by atoms with E-state index in [0.29, 0.717) is 18.5 Å². The lowest BCUT2D eigenvalue weighted by Gasteiger charge is -2.48. The molecule has 0 aromatic heterocycles. The molecule has 7 heteroatoms. The summed E-state index contributed by atoms with van der Waals surface area (Å²) in [6, 6.07) is 9.73. The molecule has 0 N–H and O–H groups in total. The highest BCUT2D eigenvalue weighted by Crippen LogP contribution is 2.40. The fraction of sp³-hybridized carbons (Fsp3) is 0.571. The minimum atomic E-state index is -0.583. The number of benzene rings is 1. The SMILES string of the molecule is C=CCO[C@H]1[C@H]2O[C@@H](c3ccccc3)OC[C@H]2O[C@@H](SC(C)C)[C@@H]1OC(C)=O. The van der Waals surface area contributed by atoms with Crippen LogP contribution >= 0.6 is 11.8 Å². The normalized spacial score (nSPS) is 32.6. The van der Waals surface area contributed by atoms with E-state index in [1.165, 1.54) is 6.92 Å². The molecule has 1 aromatic rings. The maximum Gasteiger partial charge on any atom is 0.303 e. The molecule has 6 atom stereocenters. The number of hydrogen-bond acceptors (Lipinski definition) is 7. The Kier molecular flexibility index (Phi) is 7.54. The largest absolute Gasteiger partial charge is 0.456 e. The highest BCUT2D eigenvalue weighted by Gasteiger charge is 2.52. The van der Waals surface area contributed by atoms with Gasteiger partial charge in [0.2, 0.25) is 0 Å². The van der Waals surface area contributed by atoms with Crippen LogP contribution in [0, 0.1) is 0 Å². The average molecular weight is 409 g/mol. The van der Waals surface area contributed by atoms with Crippen LogP contribution in [0.15, 0.2) is 43.0 Å².